The Labute approximate surface area is 115 Å². The van der Waals surface area contributed by atoms with Crippen LogP contribution in [0.4, 0.5) is 5.69 Å². The SMILES string of the molecule is CCc1cccc(Oc2nc3ccc(N)cc3s2)c1. The van der Waals surface area contributed by atoms with Crippen molar-refractivity contribution in [2.45, 2.75) is 13.3 Å². The van der Waals surface area contributed by atoms with Crippen molar-refractivity contribution in [1.29, 1.82) is 0 Å². The normalized spacial score (nSPS) is 10.8. The van der Waals surface area contributed by atoms with E-state index < -0.39 is 0 Å². The second-order valence-electron chi connectivity index (χ2n) is 4.31. The lowest BCUT2D eigenvalue weighted by atomic mass is 10.2. The predicted octanol–water partition coefficient (Wildman–Crippen LogP) is 4.23. The number of anilines is 1. The molecule has 0 unspecified atom stereocenters. The van der Waals surface area contributed by atoms with E-state index in [0.717, 1.165) is 28.1 Å². The van der Waals surface area contributed by atoms with Crippen molar-refractivity contribution in [3.63, 3.8) is 0 Å². The molecule has 0 aliphatic heterocycles. The lowest BCUT2D eigenvalue weighted by Crippen LogP contribution is -1.85. The number of nitrogen functional groups attached to an aromatic ring is 1. The zero-order chi connectivity index (χ0) is 13.2. The fraction of sp³-hybridized carbons (Fsp3) is 0.133. The Kier molecular flexibility index (Phi) is 3.09. The maximum absolute atomic E-state index is 5.81. The minimum absolute atomic E-state index is 0.647. The van der Waals surface area contributed by atoms with Crippen molar-refractivity contribution in [1.82, 2.24) is 4.98 Å². The molecule has 0 amide bonds. The first kappa shape index (κ1) is 12.0. The van der Waals surface area contributed by atoms with E-state index in [1.807, 2.05) is 36.4 Å². The van der Waals surface area contributed by atoms with E-state index in [-0.39, 0.29) is 0 Å². The molecule has 3 rings (SSSR count). The van der Waals surface area contributed by atoms with Crippen molar-refractivity contribution in [2.24, 2.45) is 0 Å². The van der Waals surface area contributed by atoms with Gasteiger partial charge in [-0.3, -0.25) is 0 Å². The number of fused-ring (bicyclic) bond motifs is 1. The van der Waals surface area contributed by atoms with Gasteiger partial charge in [-0.15, -0.1) is 0 Å². The molecular formula is C15H14N2OS. The molecule has 0 aliphatic rings. The maximum atomic E-state index is 5.81. The molecule has 3 aromatic rings. The Morgan fingerprint density at radius 3 is 2.95 bits per heavy atom. The maximum Gasteiger partial charge on any atom is 0.279 e. The monoisotopic (exact) mass is 270 g/mol. The van der Waals surface area contributed by atoms with Crippen LogP contribution >= 0.6 is 11.3 Å². The zero-order valence-corrected chi connectivity index (χ0v) is 11.4. The van der Waals surface area contributed by atoms with Gasteiger partial charge in [0.2, 0.25) is 0 Å². The Morgan fingerprint density at radius 2 is 2.11 bits per heavy atom. The van der Waals surface area contributed by atoms with Crippen molar-refractivity contribution < 1.29 is 4.74 Å². The van der Waals surface area contributed by atoms with E-state index in [9.17, 15) is 0 Å². The average molecular weight is 270 g/mol. The minimum Gasteiger partial charge on any atom is -0.431 e. The van der Waals surface area contributed by atoms with Gasteiger partial charge in [-0.1, -0.05) is 30.4 Å². The molecule has 0 spiro atoms. The van der Waals surface area contributed by atoms with E-state index >= 15 is 0 Å². The number of benzene rings is 2. The van der Waals surface area contributed by atoms with Crippen LogP contribution in [0.3, 0.4) is 0 Å². The highest BCUT2D eigenvalue weighted by Crippen LogP contribution is 2.32. The first-order chi connectivity index (χ1) is 9.24. The number of aromatic nitrogens is 1. The van der Waals surface area contributed by atoms with E-state index in [1.54, 1.807) is 0 Å². The standard InChI is InChI=1S/C15H14N2OS/c1-2-10-4-3-5-12(8-10)18-15-17-13-7-6-11(16)9-14(13)19-15/h3-9H,2,16H2,1H3. The van der Waals surface area contributed by atoms with Gasteiger partial charge in [0.05, 0.1) is 10.2 Å². The fourth-order valence-corrected chi connectivity index (χ4v) is 2.78. The molecule has 0 aliphatic carbocycles. The third-order valence-electron chi connectivity index (χ3n) is 2.90. The highest BCUT2D eigenvalue weighted by molar-refractivity contribution is 7.20. The van der Waals surface area contributed by atoms with Gasteiger partial charge in [-0.2, -0.15) is 0 Å². The van der Waals surface area contributed by atoms with Crippen LogP contribution in [-0.4, -0.2) is 4.98 Å². The molecule has 0 atom stereocenters. The van der Waals surface area contributed by atoms with Crippen LogP contribution in [0.25, 0.3) is 10.2 Å². The van der Waals surface area contributed by atoms with Crippen LogP contribution in [0.1, 0.15) is 12.5 Å². The number of rotatable bonds is 3. The zero-order valence-electron chi connectivity index (χ0n) is 10.6. The molecule has 0 saturated carbocycles. The number of hydrogen-bond donors (Lipinski definition) is 1. The second-order valence-corrected chi connectivity index (χ2v) is 5.30. The summed E-state index contributed by atoms with van der Waals surface area (Å²) in [7, 11) is 0. The van der Waals surface area contributed by atoms with Gasteiger partial charge in [0, 0.05) is 5.69 Å². The molecule has 0 bridgehead atoms. The van der Waals surface area contributed by atoms with Crippen LogP contribution in [0.15, 0.2) is 42.5 Å². The molecule has 1 aromatic heterocycles. The summed E-state index contributed by atoms with van der Waals surface area (Å²) in [5.74, 6) is 0.825. The number of thiazole rings is 1. The second kappa shape index (κ2) is 4.90. The first-order valence-corrected chi connectivity index (χ1v) is 6.99. The Morgan fingerprint density at radius 1 is 1.21 bits per heavy atom. The van der Waals surface area contributed by atoms with Crippen molar-refractivity contribution >= 4 is 27.2 Å². The summed E-state index contributed by atoms with van der Waals surface area (Å²) in [4.78, 5) is 4.45. The largest absolute Gasteiger partial charge is 0.431 e. The van der Waals surface area contributed by atoms with Gasteiger partial charge >= 0.3 is 0 Å². The van der Waals surface area contributed by atoms with Crippen LogP contribution in [0, 0.1) is 0 Å². The van der Waals surface area contributed by atoms with Crippen LogP contribution < -0.4 is 10.5 Å². The summed E-state index contributed by atoms with van der Waals surface area (Å²) in [5.41, 5.74) is 8.68. The van der Waals surface area contributed by atoms with Gasteiger partial charge in [-0.25, -0.2) is 4.98 Å². The molecule has 19 heavy (non-hydrogen) atoms. The number of ether oxygens (including phenoxy) is 1. The number of nitrogens with zero attached hydrogens (tertiary/aromatic N) is 1. The van der Waals surface area contributed by atoms with E-state index in [2.05, 4.69) is 18.0 Å². The Hall–Kier alpha value is -2.07. The van der Waals surface area contributed by atoms with Gasteiger partial charge < -0.3 is 10.5 Å². The molecule has 1 heterocycles. The third kappa shape index (κ3) is 2.53. The molecule has 3 nitrogen and oxygen atoms in total. The molecular weight excluding hydrogens is 256 g/mol. The smallest absolute Gasteiger partial charge is 0.279 e. The van der Waals surface area contributed by atoms with Gasteiger partial charge in [-0.05, 0) is 42.3 Å². The Balaban J connectivity index is 1.92. The van der Waals surface area contributed by atoms with Crippen molar-refractivity contribution in [2.75, 3.05) is 5.73 Å². The van der Waals surface area contributed by atoms with Crippen LogP contribution in [0.5, 0.6) is 10.9 Å². The van der Waals surface area contributed by atoms with E-state index in [0.29, 0.717) is 5.19 Å². The summed E-state index contributed by atoms with van der Waals surface area (Å²) in [6.45, 7) is 2.12. The van der Waals surface area contributed by atoms with Crippen LogP contribution in [-0.2, 0) is 6.42 Å². The Bertz CT molecular complexity index is 721. The molecule has 2 N–H and O–H groups in total. The third-order valence-corrected chi connectivity index (χ3v) is 3.80. The molecule has 0 radical (unpaired) electrons. The molecule has 2 aromatic carbocycles. The summed E-state index contributed by atoms with van der Waals surface area (Å²) < 4.78 is 6.86. The van der Waals surface area contributed by atoms with E-state index in [4.69, 9.17) is 10.5 Å². The summed E-state index contributed by atoms with van der Waals surface area (Å²) in [5, 5.41) is 0.647. The van der Waals surface area contributed by atoms with E-state index in [1.165, 1.54) is 16.9 Å². The average Bonchev–Trinajstić information content (AvgIpc) is 2.80. The lowest BCUT2D eigenvalue weighted by molar-refractivity contribution is 0.479. The fourth-order valence-electron chi connectivity index (χ4n) is 1.89. The number of hydrogen-bond acceptors (Lipinski definition) is 4. The number of nitrogens with two attached hydrogens (primary N) is 1. The quantitative estimate of drug-likeness (QED) is 0.724. The van der Waals surface area contributed by atoms with Crippen molar-refractivity contribution in [3.8, 4) is 10.9 Å². The van der Waals surface area contributed by atoms with Gasteiger partial charge in [0.1, 0.15) is 5.75 Å². The molecule has 0 saturated heterocycles. The minimum atomic E-state index is 0.647. The highest BCUT2D eigenvalue weighted by atomic mass is 32.1. The first-order valence-electron chi connectivity index (χ1n) is 6.17. The molecule has 4 heteroatoms. The summed E-state index contributed by atoms with van der Waals surface area (Å²) in [6, 6.07) is 13.8. The predicted molar refractivity (Wildman–Crippen MR) is 79.9 cm³/mol. The lowest BCUT2D eigenvalue weighted by Gasteiger charge is -2.02. The molecule has 96 valence electrons. The molecule has 0 fully saturated rings. The summed E-state index contributed by atoms with van der Waals surface area (Å²) >= 11 is 1.51. The summed E-state index contributed by atoms with van der Waals surface area (Å²) in [6.07, 6.45) is 0.994. The van der Waals surface area contributed by atoms with Gasteiger partial charge in [0.25, 0.3) is 5.19 Å². The highest BCUT2D eigenvalue weighted by Gasteiger charge is 2.06. The number of aryl methyl sites for hydroxylation is 1. The van der Waals surface area contributed by atoms with Gasteiger partial charge in [0.15, 0.2) is 0 Å². The van der Waals surface area contributed by atoms with Crippen LogP contribution in [0.2, 0.25) is 0 Å². The van der Waals surface area contributed by atoms with Crippen molar-refractivity contribution in [3.05, 3.63) is 48.0 Å². The topological polar surface area (TPSA) is 48.1 Å².